The minimum atomic E-state index is -4.13. The summed E-state index contributed by atoms with van der Waals surface area (Å²) < 4.78 is 11.3. The zero-order valence-corrected chi connectivity index (χ0v) is 19.8. The molecule has 0 aromatic heterocycles. The maximum atomic E-state index is 11.8. The molecule has 1 atom stereocenters. The number of rotatable bonds is 10. The minimum absolute atomic E-state index is 0.0361. The van der Waals surface area contributed by atoms with E-state index in [1.54, 1.807) is 12.1 Å². The Morgan fingerprint density at radius 3 is 1.91 bits per heavy atom. The van der Waals surface area contributed by atoms with Crippen LogP contribution >= 0.6 is 7.60 Å². The highest BCUT2D eigenvalue weighted by atomic mass is 31.2. The van der Waals surface area contributed by atoms with Gasteiger partial charge in [-0.05, 0) is 36.1 Å². The van der Waals surface area contributed by atoms with Crippen molar-refractivity contribution in [2.45, 2.75) is 45.6 Å². The molecule has 0 saturated carbocycles. The summed E-state index contributed by atoms with van der Waals surface area (Å²) in [7, 11) is -4.13. The fraction of sp³-hybridized carbons (Fsp3) is 0.269. The van der Waals surface area contributed by atoms with E-state index in [0.29, 0.717) is 18.7 Å². The van der Waals surface area contributed by atoms with Crippen molar-refractivity contribution in [3.05, 3.63) is 106 Å². The summed E-state index contributed by atoms with van der Waals surface area (Å²) in [5, 5.41) is 9.68. The Morgan fingerprint density at radius 1 is 0.848 bits per heavy atom. The second-order valence-electron chi connectivity index (χ2n) is 8.56. The van der Waals surface area contributed by atoms with E-state index in [0.717, 1.165) is 27.8 Å². The van der Waals surface area contributed by atoms with Crippen LogP contribution in [0.4, 0.5) is 0 Å². The van der Waals surface area contributed by atoms with Crippen molar-refractivity contribution >= 4 is 13.6 Å². The molecule has 0 radical (unpaired) electrons. The van der Waals surface area contributed by atoms with Crippen molar-refractivity contribution in [1.29, 1.82) is 0 Å². The normalized spacial score (nSPS) is 12.6. The summed E-state index contributed by atoms with van der Waals surface area (Å²) >= 11 is 0. The van der Waals surface area contributed by atoms with Crippen molar-refractivity contribution in [3.8, 4) is 0 Å². The van der Waals surface area contributed by atoms with Crippen molar-refractivity contribution < 1.29 is 24.3 Å². The van der Waals surface area contributed by atoms with E-state index >= 15 is 0 Å². The molecular formula is C26H30NO5P. The first-order valence-corrected chi connectivity index (χ1v) is 12.6. The number of aryl methyl sites for hydroxylation is 2. The van der Waals surface area contributed by atoms with Crippen LogP contribution in [0.15, 0.2) is 72.8 Å². The fourth-order valence-electron chi connectivity index (χ4n) is 3.93. The number of carbonyl (C=O) groups is 1. The first-order valence-electron chi connectivity index (χ1n) is 10.8. The van der Waals surface area contributed by atoms with E-state index in [1.807, 2.05) is 62.4 Å². The smallest absolute Gasteiger partial charge is 0.329 e. The van der Waals surface area contributed by atoms with E-state index in [-0.39, 0.29) is 18.6 Å². The average molecular weight is 468 g/mol. The second kappa shape index (κ2) is 10.9. The fourth-order valence-corrected chi connectivity index (χ4v) is 4.61. The molecule has 7 heteroatoms. The molecule has 0 saturated heterocycles. The van der Waals surface area contributed by atoms with Crippen LogP contribution in [0.2, 0.25) is 0 Å². The Hall–Kier alpha value is -2.76. The molecule has 0 fully saturated rings. The van der Waals surface area contributed by atoms with Gasteiger partial charge < -0.3 is 14.9 Å². The Balaban J connectivity index is 1.94. The van der Waals surface area contributed by atoms with Crippen molar-refractivity contribution in [1.82, 2.24) is 4.90 Å². The summed E-state index contributed by atoms with van der Waals surface area (Å²) in [6.07, 6.45) is -0.336. The molecule has 3 aromatic rings. The maximum absolute atomic E-state index is 11.8. The van der Waals surface area contributed by atoms with Gasteiger partial charge in [0, 0.05) is 19.1 Å². The Morgan fingerprint density at radius 2 is 1.39 bits per heavy atom. The minimum Gasteiger partial charge on any atom is -0.481 e. The quantitative estimate of drug-likeness (QED) is 0.355. The van der Waals surface area contributed by atoms with Crippen LogP contribution in [-0.2, 0) is 28.6 Å². The number of benzene rings is 3. The highest BCUT2D eigenvalue weighted by molar-refractivity contribution is 7.50. The van der Waals surface area contributed by atoms with Crippen LogP contribution in [0.25, 0.3) is 0 Å². The number of hydrogen-bond acceptors (Lipinski definition) is 3. The summed E-state index contributed by atoms with van der Waals surface area (Å²) in [5.41, 5.74) is 5.77. The highest BCUT2D eigenvalue weighted by Crippen LogP contribution is 2.39. The van der Waals surface area contributed by atoms with Crippen LogP contribution in [0, 0.1) is 13.8 Å². The molecule has 1 unspecified atom stereocenters. The molecule has 3 rings (SSSR count). The van der Waals surface area contributed by atoms with E-state index in [4.69, 9.17) is 0 Å². The van der Waals surface area contributed by atoms with Gasteiger partial charge in [-0.25, -0.2) is 0 Å². The molecule has 174 valence electrons. The number of carboxylic acid groups (broad SMARTS) is 1. The Labute approximate surface area is 194 Å². The summed E-state index contributed by atoms with van der Waals surface area (Å²) in [4.78, 5) is 32.4. The van der Waals surface area contributed by atoms with Gasteiger partial charge in [0.15, 0.2) is 0 Å². The molecule has 0 heterocycles. The average Bonchev–Trinajstić information content (AvgIpc) is 2.73. The van der Waals surface area contributed by atoms with Gasteiger partial charge in [0.2, 0.25) is 0 Å². The van der Waals surface area contributed by atoms with Gasteiger partial charge in [-0.3, -0.25) is 14.3 Å². The molecule has 3 N–H and O–H groups in total. The predicted octanol–water partition coefficient (Wildman–Crippen LogP) is 5.20. The third kappa shape index (κ3) is 7.95. The van der Waals surface area contributed by atoms with E-state index in [2.05, 4.69) is 17.0 Å². The van der Waals surface area contributed by atoms with E-state index in [1.165, 1.54) is 0 Å². The van der Waals surface area contributed by atoms with E-state index < -0.39 is 13.6 Å². The van der Waals surface area contributed by atoms with Crippen molar-refractivity contribution in [3.63, 3.8) is 0 Å². The monoisotopic (exact) mass is 467 g/mol. The lowest BCUT2D eigenvalue weighted by Crippen LogP contribution is -2.30. The molecule has 3 aromatic carbocycles. The van der Waals surface area contributed by atoms with Crippen molar-refractivity contribution in [2.24, 2.45) is 0 Å². The number of aliphatic carboxylic acids is 1. The SMILES string of the molecule is Cc1ccc(CN(Cc2ccc(CP(=O)(O)O)cc2)C(CC(=O)O)c2cccc(C)c2)cc1. The van der Waals surface area contributed by atoms with Crippen LogP contribution in [0.5, 0.6) is 0 Å². The lowest BCUT2D eigenvalue weighted by molar-refractivity contribution is -0.138. The van der Waals surface area contributed by atoms with Gasteiger partial charge in [0.1, 0.15) is 0 Å². The van der Waals surface area contributed by atoms with Crippen LogP contribution in [0.3, 0.4) is 0 Å². The van der Waals surface area contributed by atoms with Gasteiger partial charge in [-0.1, -0.05) is 83.9 Å². The lowest BCUT2D eigenvalue weighted by atomic mass is 9.98. The third-order valence-corrected chi connectivity index (χ3v) is 6.32. The van der Waals surface area contributed by atoms with Gasteiger partial charge in [0.25, 0.3) is 0 Å². The van der Waals surface area contributed by atoms with Gasteiger partial charge >= 0.3 is 13.6 Å². The molecule has 0 amide bonds. The number of nitrogens with zero attached hydrogens (tertiary/aromatic N) is 1. The predicted molar refractivity (Wildman–Crippen MR) is 129 cm³/mol. The Kier molecular flexibility index (Phi) is 8.22. The first-order chi connectivity index (χ1) is 15.6. The molecule has 6 nitrogen and oxygen atoms in total. The topological polar surface area (TPSA) is 98.1 Å². The summed E-state index contributed by atoms with van der Waals surface area (Å²) in [5.74, 6) is -0.868. The number of hydrogen-bond donors (Lipinski definition) is 3. The standard InChI is InChI=1S/C26H30NO5P/c1-19-6-8-21(9-7-19)16-27(17-22-10-12-23(13-11-22)18-33(30,31)32)25(15-26(28)29)24-5-3-4-20(2)14-24/h3-14,25H,15-18H2,1-2H3,(H,28,29)(H2,30,31,32). The van der Waals surface area contributed by atoms with Crippen molar-refractivity contribution in [2.75, 3.05) is 0 Å². The highest BCUT2D eigenvalue weighted by Gasteiger charge is 2.24. The molecule has 0 aliphatic heterocycles. The van der Waals surface area contributed by atoms with E-state index in [9.17, 15) is 24.3 Å². The summed E-state index contributed by atoms with van der Waals surface area (Å²) in [6, 6.07) is 22.9. The number of carboxylic acids is 1. The van der Waals surface area contributed by atoms with Crippen LogP contribution < -0.4 is 0 Å². The third-order valence-electron chi connectivity index (χ3n) is 5.54. The summed E-state index contributed by atoms with van der Waals surface area (Å²) in [6.45, 7) is 5.08. The lowest BCUT2D eigenvalue weighted by Gasteiger charge is -2.32. The molecule has 0 aliphatic rings. The molecule has 33 heavy (non-hydrogen) atoms. The largest absolute Gasteiger partial charge is 0.481 e. The van der Waals surface area contributed by atoms with Gasteiger partial charge in [0.05, 0.1) is 12.6 Å². The second-order valence-corrected chi connectivity index (χ2v) is 10.2. The first kappa shape index (κ1) is 24.9. The molecule has 0 spiro atoms. The molecule has 0 bridgehead atoms. The zero-order valence-electron chi connectivity index (χ0n) is 18.9. The van der Waals surface area contributed by atoms with Gasteiger partial charge in [-0.2, -0.15) is 0 Å². The van der Waals surface area contributed by atoms with Crippen LogP contribution in [0.1, 0.15) is 45.8 Å². The zero-order chi connectivity index (χ0) is 24.0. The maximum Gasteiger partial charge on any atom is 0.329 e. The molecule has 0 aliphatic carbocycles. The van der Waals surface area contributed by atoms with Gasteiger partial charge in [-0.15, -0.1) is 0 Å². The molecular weight excluding hydrogens is 437 g/mol. The van der Waals surface area contributed by atoms with Crippen LogP contribution in [-0.4, -0.2) is 25.8 Å². The Bertz CT molecular complexity index is 1120.